The first-order valence-corrected chi connectivity index (χ1v) is 5.78. The number of carboxylic acids is 1. The van der Waals surface area contributed by atoms with Gasteiger partial charge in [0, 0.05) is 20.2 Å². The molecule has 1 unspecified atom stereocenters. The van der Waals surface area contributed by atoms with E-state index >= 15 is 0 Å². The van der Waals surface area contributed by atoms with Gasteiger partial charge in [0.15, 0.2) is 0 Å². The van der Waals surface area contributed by atoms with Crippen LogP contribution in [0.15, 0.2) is 0 Å². The molecule has 8 heteroatoms. The van der Waals surface area contributed by atoms with Crippen LogP contribution in [0.3, 0.4) is 0 Å². The number of carbonyl (C=O) groups is 3. The molecule has 0 rings (SSSR count). The molecule has 0 aromatic rings. The first kappa shape index (κ1) is 17.2. The molecular formula is C11H20N2O6. The average molecular weight is 276 g/mol. The van der Waals surface area contributed by atoms with Crippen molar-refractivity contribution in [1.82, 2.24) is 10.2 Å². The highest BCUT2D eigenvalue weighted by Crippen LogP contribution is 1.97. The molecule has 0 bridgehead atoms. The van der Waals surface area contributed by atoms with Crippen LogP contribution in [-0.2, 0) is 19.1 Å². The third-order valence-electron chi connectivity index (χ3n) is 2.43. The molecule has 8 nitrogen and oxygen atoms in total. The van der Waals surface area contributed by atoms with Crippen molar-refractivity contribution in [2.45, 2.75) is 19.4 Å². The van der Waals surface area contributed by atoms with E-state index in [0.29, 0.717) is 6.54 Å². The standard InChI is InChI=1S/C11H20N2O6/c1-4-13(7-10(16)19-3)11(17)12-6-8(18-2)5-9(14)15/h8H,4-7H2,1-3H3,(H,12,17)(H,14,15). The molecule has 0 fully saturated rings. The predicted octanol–water partition coefficient (Wildman–Crippen LogP) is -0.319. The molecule has 2 N–H and O–H groups in total. The fourth-order valence-corrected chi connectivity index (χ4v) is 1.29. The van der Waals surface area contributed by atoms with Gasteiger partial charge in [-0.3, -0.25) is 9.59 Å². The summed E-state index contributed by atoms with van der Waals surface area (Å²) >= 11 is 0. The van der Waals surface area contributed by atoms with Gasteiger partial charge in [-0.15, -0.1) is 0 Å². The van der Waals surface area contributed by atoms with Crippen LogP contribution in [0.25, 0.3) is 0 Å². The Morgan fingerprint density at radius 3 is 2.37 bits per heavy atom. The van der Waals surface area contributed by atoms with Gasteiger partial charge < -0.3 is 24.8 Å². The topological polar surface area (TPSA) is 105 Å². The van der Waals surface area contributed by atoms with Crippen molar-refractivity contribution >= 4 is 18.0 Å². The van der Waals surface area contributed by atoms with E-state index in [1.165, 1.54) is 19.1 Å². The molecule has 0 aliphatic carbocycles. The van der Waals surface area contributed by atoms with Crippen LogP contribution >= 0.6 is 0 Å². The third-order valence-corrected chi connectivity index (χ3v) is 2.43. The number of nitrogens with one attached hydrogen (secondary N) is 1. The maximum atomic E-state index is 11.7. The molecule has 1 atom stereocenters. The molecule has 110 valence electrons. The maximum Gasteiger partial charge on any atom is 0.325 e. The Labute approximate surface area is 111 Å². The SMILES string of the molecule is CCN(CC(=O)OC)C(=O)NCC(CC(=O)O)OC. The number of ether oxygens (including phenoxy) is 2. The van der Waals surface area contributed by atoms with E-state index in [-0.39, 0.29) is 19.5 Å². The Morgan fingerprint density at radius 1 is 1.32 bits per heavy atom. The normalized spacial score (nSPS) is 11.5. The van der Waals surface area contributed by atoms with Crippen molar-refractivity contribution in [2.75, 3.05) is 33.9 Å². The third kappa shape index (κ3) is 7.24. The predicted molar refractivity (Wildman–Crippen MR) is 65.7 cm³/mol. The molecule has 0 heterocycles. The second-order valence-electron chi connectivity index (χ2n) is 3.73. The van der Waals surface area contributed by atoms with Gasteiger partial charge in [-0.1, -0.05) is 0 Å². The van der Waals surface area contributed by atoms with E-state index in [0.717, 1.165) is 0 Å². The van der Waals surface area contributed by atoms with Crippen LogP contribution < -0.4 is 5.32 Å². The fraction of sp³-hybridized carbons (Fsp3) is 0.727. The lowest BCUT2D eigenvalue weighted by Crippen LogP contribution is -2.45. The lowest BCUT2D eigenvalue weighted by Gasteiger charge is -2.21. The minimum absolute atomic E-state index is 0.0549. The lowest BCUT2D eigenvalue weighted by molar-refractivity contribution is -0.141. The summed E-state index contributed by atoms with van der Waals surface area (Å²) in [4.78, 5) is 34.6. The number of methoxy groups -OCH3 is 2. The van der Waals surface area contributed by atoms with E-state index in [4.69, 9.17) is 9.84 Å². The Morgan fingerprint density at radius 2 is 1.95 bits per heavy atom. The minimum atomic E-state index is -1.01. The number of hydrogen-bond donors (Lipinski definition) is 2. The zero-order chi connectivity index (χ0) is 14.8. The number of urea groups is 1. The van der Waals surface area contributed by atoms with E-state index in [9.17, 15) is 14.4 Å². The smallest absolute Gasteiger partial charge is 0.325 e. The van der Waals surface area contributed by atoms with Gasteiger partial charge in [0.1, 0.15) is 6.54 Å². The van der Waals surface area contributed by atoms with Gasteiger partial charge in [0.05, 0.1) is 19.6 Å². The Balaban J connectivity index is 4.25. The van der Waals surface area contributed by atoms with Crippen LogP contribution in [0, 0.1) is 0 Å². The van der Waals surface area contributed by atoms with Gasteiger partial charge in [0.25, 0.3) is 0 Å². The number of hydrogen-bond acceptors (Lipinski definition) is 5. The first-order valence-electron chi connectivity index (χ1n) is 5.78. The molecule has 0 radical (unpaired) electrons. The summed E-state index contributed by atoms with van der Waals surface area (Å²) < 4.78 is 9.39. The number of esters is 1. The van der Waals surface area contributed by atoms with Gasteiger partial charge in [-0.25, -0.2) is 4.79 Å². The number of likely N-dealkylation sites (N-methyl/N-ethyl adjacent to an activating group) is 1. The van der Waals surface area contributed by atoms with Gasteiger partial charge >= 0.3 is 18.0 Å². The van der Waals surface area contributed by atoms with Crippen LogP contribution in [0.2, 0.25) is 0 Å². The molecule has 0 spiro atoms. The van der Waals surface area contributed by atoms with Crippen molar-refractivity contribution in [2.24, 2.45) is 0 Å². The molecule has 2 amide bonds. The largest absolute Gasteiger partial charge is 0.481 e. The number of carboxylic acid groups (broad SMARTS) is 1. The summed E-state index contributed by atoms with van der Waals surface area (Å²) in [5, 5.41) is 11.1. The van der Waals surface area contributed by atoms with Crippen molar-refractivity contribution in [1.29, 1.82) is 0 Å². The van der Waals surface area contributed by atoms with Gasteiger partial charge in [-0.05, 0) is 6.92 Å². The molecule has 0 aromatic heterocycles. The number of amides is 2. The van der Waals surface area contributed by atoms with Crippen LogP contribution in [0.1, 0.15) is 13.3 Å². The zero-order valence-electron chi connectivity index (χ0n) is 11.3. The molecule has 0 aliphatic rings. The molecule has 0 saturated carbocycles. The van der Waals surface area contributed by atoms with Gasteiger partial charge in [-0.2, -0.15) is 0 Å². The van der Waals surface area contributed by atoms with Gasteiger partial charge in [0.2, 0.25) is 0 Å². The maximum absolute atomic E-state index is 11.7. The van der Waals surface area contributed by atoms with Crippen molar-refractivity contribution < 1.29 is 29.0 Å². The number of aliphatic carboxylic acids is 1. The highest BCUT2D eigenvalue weighted by Gasteiger charge is 2.18. The van der Waals surface area contributed by atoms with Crippen molar-refractivity contribution in [3.63, 3.8) is 0 Å². The van der Waals surface area contributed by atoms with Crippen LogP contribution in [-0.4, -0.2) is 67.9 Å². The molecule has 0 saturated heterocycles. The summed E-state index contributed by atoms with van der Waals surface area (Å²) in [6.45, 7) is 1.94. The highest BCUT2D eigenvalue weighted by atomic mass is 16.5. The second kappa shape index (κ2) is 9.15. The average Bonchev–Trinajstić information content (AvgIpc) is 2.39. The summed E-state index contributed by atoms with van der Waals surface area (Å²) in [7, 11) is 2.60. The lowest BCUT2D eigenvalue weighted by atomic mass is 10.2. The Hall–Kier alpha value is -1.83. The molecule has 0 aromatic carbocycles. The fourth-order valence-electron chi connectivity index (χ4n) is 1.29. The first-order chi connectivity index (χ1) is 8.94. The molecular weight excluding hydrogens is 256 g/mol. The number of carbonyl (C=O) groups excluding carboxylic acids is 2. The van der Waals surface area contributed by atoms with Crippen LogP contribution in [0.4, 0.5) is 4.79 Å². The monoisotopic (exact) mass is 276 g/mol. The summed E-state index contributed by atoms with van der Waals surface area (Å²) in [6.07, 6.45) is -0.821. The summed E-state index contributed by atoms with van der Waals surface area (Å²) in [5.74, 6) is -1.53. The number of nitrogens with zero attached hydrogens (tertiary/aromatic N) is 1. The molecule has 0 aliphatic heterocycles. The number of rotatable bonds is 8. The van der Waals surface area contributed by atoms with Crippen LogP contribution in [0.5, 0.6) is 0 Å². The summed E-state index contributed by atoms with van der Waals surface area (Å²) in [5.41, 5.74) is 0. The Kier molecular flexibility index (Phi) is 8.27. The summed E-state index contributed by atoms with van der Waals surface area (Å²) in [6, 6.07) is -0.472. The minimum Gasteiger partial charge on any atom is -0.481 e. The highest BCUT2D eigenvalue weighted by molar-refractivity contribution is 5.80. The van der Waals surface area contributed by atoms with E-state index in [1.54, 1.807) is 6.92 Å². The van der Waals surface area contributed by atoms with E-state index in [2.05, 4.69) is 10.1 Å². The second-order valence-corrected chi connectivity index (χ2v) is 3.73. The Bertz CT molecular complexity index is 320. The van der Waals surface area contributed by atoms with E-state index in [1.807, 2.05) is 0 Å². The zero-order valence-corrected chi connectivity index (χ0v) is 11.3. The quantitative estimate of drug-likeness (QED) is 0.589. The van der Waals surface area contributed by atoms with Crippen molar-refractivity contribution in [3.8, 4) is 0 Å². The van der Waals surface area contributed by atoms with E-state index < -0.39 is 24.1 Å². The molecule has 19 heavy (non-hydrogen) atoms. The van der Waals surface area contributed by atoms with Crippen molar-refractivity contribution in [3.05, 3.63) is 0 Å².